The van der Waals surface area contributed by atoms with E-state index >= 15 is 0 Å². The van der Waals surface area contributed by atoms with Gasteiger partial charge in [-0.05, 0) is 36.2 Å². The number of benzene rings is 2. The Morgan fingerprint density at radius 2 is 1.69 bits per heavy atom. The van der Waals surface area contributed by atoms with E-state index in [1.165, 1.54) is 11.8 Å². The molecule has 0 saturated carbocycles. The van der Waals surface area contributed by atoms with Crippen molar-refractivity contribution in [3.8, 4) is 0 Å². The summed E-state index contributed by atoms with van der Waals surface area (Å²) >= 11 is 0. The van der Waals surface area contributed by atoms with Crippen molar-refractivity contribution in [3.63, 3.8) is 0 Å². The Morgan fingerprint density at radius 3 is 2.28 bits per heavy atom. The van der Waals surface area contributed by atoms with Crippen molar-refractivity contribution >= 4 is 23.4 Å². The predicted octanol–water partition coefficient (Wildman–Crippen LogP) is 2.71. The molecule has 1 aliphatic heterocycles. The van der Waals surface area contributed by atoms with Crippen molar-refractivity contribution in [1.82, 2.24) is 9.80 Å². The predicted molar refractivity (Wildman–Crippen MR) is 113 cm³/mol. The van der Waals surface area contributed by atoms with Crippen LogP contribution < -0.4 is 4.90 Å². The molecule has 1 atom stereocenters. The summed E-state index contributed by atoms with van der Waals surface area (Å²) in [6.07, 6.45) is 0.529. The molecule has 0 bridgehead atoms. The van der Waals surface area contributed by atoms with Crippen LogP contribution in [0.4, 0.5) is 5.69 Å². The van der Waals surface area contributed by atoms with E-state index in [9.17, 15) is 14.4 Å². The standard InChI is InChI=1S/C23H27N3O3/c1-5-25(15-17-10-12-18(13-11-17)22(28)24(3)4)23(29)21-14-19-8-6-7-9-20(19)26(21)16(2)27/h6-13,21H,5,14-15H2,1-4H3/t21-/m0/s1. The first-order valence-corrected chi connectivity index (χ1v) is 9.80. The number of anilines is 1. The Labute approximate surface area is 171 Å². The number of hydrogen-bond acceptors (Lipinski definition) is 3. The summed E-state index contributed by atoms with van der Waals surface area (Å²) in [7, 11) is 3.43. The minimum absolute atomic E-state index is 0.0548. The number of carbonyl (C=O) groups is 3. The molecule has 29 heavy (non-hydrogen) atoms. The van der Waals surface area contributed by atoms with Gasteiger partial charge in [-0.25, -0.2) is 0 Å². The average molecular weight is 393 g/mol. The van der Waals surface area contributed by atoms with Gasteiger partial charge in [0.1, 0.15) is 6.04 Å². The van der Waals surface area contributed by atoms with E-state index in [0.29, 0.717) is 25.1 Å². The number of carbonyl (C=O) groups excluding carboxylic acids is 3. The molecule has 2 aromatic carbocycles. The third-order valence-corrected chi connectivity index (χ3v) is 5.27. The van der Waals surface area contributed by atoms with Crippen molar-refractivity contribution in [1.29, 1.82) is 0 Å². The average Bonchev–Trinajstić information content (AvgIpc) is 3.11. The van der Waals surface area contributed by atoms with Crippen LogP contribution in [0.15, 0.2) is 48.5 Å². The highest BCUT2D eigenvalue weighted by atomic mass is 16.2. The van der Waals surface area contributed by atoms with E-state index in [2.05, 4.69) is 0 Å². The number of nitrogens with zero attached hydrogens (tertiary/aromatic N) is 3. The normalized spacial score (nSPS) is 15.0. The molecule has 1 aliphatic rings. The van der Waals surface area contributed by atoms with Crippen LogP contribution in [0.2, 0.25) is 0 Å². The molecule has 152 valence electrons. The minimum atomic E-state index is -0.514. The van der Waals surface area contributed by atoms with Crippen molar-refractivity contribution in [3.05, 3.63) is 65.2 Å². The summed E-state index contributed by atoms with van der Waals surface area (Å²) in [6.45, 7) is 4.40. The molecule has 0 fully saturated rings. The van der Waals surface area contributed by atoms with Gasteiger partial charge in [0.05, 0.1) is 0 Å². The summed E-state index contributed by atoms with van der Waals surface area (Å²) in [5.74, 6) is -0.246. The van der Waals surface area contributed by atoms with Crippen molar-refractivity contribution in [2.45, 2.75) is 32.9 Å². The summed E-state index contributed by atoms with van der Waals surface area (Å²) in [5.41, 5.74) is 3.40. The lowest BCUT2D eigenvalue weighted by Gasteiger charge is -2.29. The van der Waals surface area contributed by atoms with Gasteiger partial charge in [0.25, 0.3) is 5.91 Å². The zero-order valence-electron chi connectivity index (χ0n) is 17.4. The molecule has 0 aliphatic carbocycles. The molecule has 0 N–H and O–H groups in total. The lowest BCUT2D eigenvalue weighted by molar-refractivity contribution is -0.134. The van der Waals surface area contributed by atoms with Gasteiger partial charge in [-0.3, -0.25) is 19.3 Å². The van der Waals surface area contributed by atoms with Crippen molar-refractivity contribution < 1.29 is 14.4 Å². The van der Waals surface area contributed by atoms with E-state index in [4.69, 9.17) is 0 Å². The highest BCUT2D eigenvalue weighted by molar-refractivity contribution is 6.02. The number of fused-ring (bicyclic) bond motifs is 1. The van der Waals surface area contributed by atoms with E-state index in [-0.39, 0.29) is 17.7 Å². The van der Waals surface area contributed by atoms with Crippen LogP contribution >= 0.6 is 0 Å². The van der Waals surface area contributed by atoms with Gasteiger partial charge in [0, 0.05) is 51.8 Å². The van der Waals surface area contributed by atoms with Crippen LogP contribution in [0.25, 0.3) is 0 Å². The van der Waals surface area contributed by atoms with Crippen LogP contribution in [-0.2, 0) is 22.6 Å². The lowest BCUT2D eigenvalue weighted by Crippen LogP contribution is -2.48. The molecule has 2 aromatic rings. The van der Waals surface area contributed by atoms with Crippen LogP contribution in [0.5, 0.6) is 0 Å². The Balaban J connectivity index is 1.77. The van der Waals surface area contributed by atoms with Gasteiger partial charge in [-0.2, -0.15) is 0 Å². The molecule has 0 unspecified atom stereocenters. The second-order valence-electron chi connectivity index (χ2n) is 7.49. The molecule has 3 amide bonds. The summed E-state index contributed by atoms with van der Waals surface area (Å²) in [5, 5.41) is 0. The fourth-order valence-electron chi connectivity index (χ4n) is 3.76. The summed E-state index contributed by atoms with van der Waals surface area (Å²) < 4.78 is 0. The van der Waals surface area contributed by atoms with E-state index in [1.807, 2.05) is 43.3 Å². The zero-order valence-corrected chi connectivity index (χ0v) is 17.4. The Hall–Kier alpha value is -3.15. The number of hydrogen-bond donors (Lipinski definition) is 0. The molecular weight excluding hydrogens is 366 g/mol. The summed E-state index contributed by atoms with van der Waals surface area (Å²) in [4.78, 5) is 42.5. The van der Waals surface area contributed by atoms with Crippen molar-refractivity contribution in [2.24, 2.45) is 0 Å². The maximum absolute atomic E-state index is 13.3. The fraction of sp³-hybridized carbons (Fsp3) is 0.348. The second kappa shape index (κ2) is 8.47. The quantitative estimate of drug-likeness (QED) is 0.785. The zero-order chi connectivity index (χ0) is 21.1. The Kier molecular flexibility index (Phi) is 6.01. The van der Waals surface area contributed by atoms with E-state index < -0.39 is 6.04 Å². The fourth-order valence-corrected chi connectivity index (χ4v) is 3.76. The Morgan fingerprint density at radius 1 is 1.03 bits per heavy atom. The second-order valence-corrected chi connectivity index (χ2v) is 7.49. The van der Waals surface area contributed by atoms with Gasteiger partial charge in [-0.15, -0.1) is 0 Å². The maximum Gasteiger partial charge on any atom is 0.253 e. The first-order chi connectivity index (χ1) is 13.8. The van der Waals surface area contributed by atoms with Crippen LogP contribution in [0, 0.1) is 0 Å². The van der Waals surface area contributed by atoms with Gasteiger partial charge in [0.15, 0.2) is 0 Å². The largest absolute Gasteiger partial charge is 0.345 e. The van der Waals surface area contributed by atoms with Gasteiger partial charge < -0.3 is 9.80 Å². The SMILES string of the molecule is CCN(Cc1ccc(C(=O)N(C)C)cc1)C(=O)[C@@H]1Cc2ccccc2N1C(C)=O. The van der Waals surface area contributed by atoms with Gasteiger partial charge in [-0.1, -0.05) is 30.3 Å². The summed E-state index contributed by atoms with van der Waals surface area (Å²) in [6, 6.07) is 14.5. The molecule has 0 spiro atoms. The van der Waals surface area contributed by atoms with E-state index in [0.717, 1.165) is 16.8 Å². The lowest BCUT2D eigenvalue weighted by atomic mass is 10.1. The van der Waals surface area contributed by atoms with Gasteiger partial charge in [0.2, 0.25) is 11.8 Å². The number of likely N-dealkylation sites (N-methyl/N-ethyl adjacent to an activating group) is 1. The van der Waals surface area contributed by atoms with Crippen LogP contribution in [-0.4, -0.2) is 54.2 Å². The van der Waals surface area contributed by atoms with E-state index in [1.54, 1.807) is 36.0 Å². The molecule has 6 heteroatoms. The highest BCUT2D eigenvalue weighted by Crippen LogP contribution is 2.33. The maximum atomic E-state index is 13.3. The topological polar surface area (TPSA) is 60.9 Å². The van der Waals surface area contributed by atoms with Crippen LogP contribution in [0.3, 0.4) is 0 Å². The number of para-hydroxylation sites is 1. The molecular formula is C23H27N3O3. The number of rotatable bonds is 5. The Bertz CT molecular complexity index is 921. The molecule has 1 heterocycles. The first-order valence-electron chi connectivity index (χ1n) is 9.80. The first kappa shape index (κ1) is 20.6. The third kappa shape index (κ3) is 4.16. The monoisotopic (exact) mass is 393 g/mol. The van der Waals surface area contributed by atoms with Crippen LogP contribution in [0.1, 0.15) is 35.3 Å². The van der Waals surface area contributed by atoms with Gasteiger partial charge >= 0.3 is 0 Å². The third-order valence-electron chi connectivity index (χ3n) is 5.27. The smallest absolute Gasteiger partial charge is 0.253 e. The number of amides is 3. The minimum Gasteiger partial charge on any atom is -0.345 e. The molecule has 3 rings (SSSR count). The molecule has 6 nitrogen and oxygen atoms in total. The highest BCUT2D eigenvalue weighted by Gasteiger charge is 2.38. The molecule has 0 radical (unpaired) electrons. The van der Waals surface area contributed by atoms with Crippen molar-refractivity contribution in [2.75, 3.05) is 25.5 Å². The molecule has 0 saturated heterocycles. The molecule has 0 aromatic heterocycles.